The Bertz CT molecular complexity index is 471. The number of carbonyl (C=O) groups is 1. The summed E-state index contributed by atoms with van der Waals surface area (Å²) in [5.41, 5.74) is 0.782. The molecule has 2 aliphatic rings. The molecule has 3 nitrogen and oxygen atoms in total. The number of halogens is 1. The maximum atomic E-state index is 12.5. The maximum Gasteiger partial charge on any atom is 0.255 e. The topological polar surface area (TPSA) is 23.6 Å². The van der Waals surface area contributed by atoms with Crippen molar-refractivity contribution in [3.63, 3.8) is 0 Å². The second kappa shape index (κ2) is 5.63. The van der Waals surface area contributed by atoms with Crippen LogP contribution in [0.25, 0.3) is 0 Å². The molecule has 0 radical (unpaired) electrons. The molecule has 1 unspecified atom stereocenters. The van der Waals surface area contributed by atoms with Gasteiger partial charge in [0, 0.05) is 23.6 Å². The predicted octanol–water partition coefficient (Wildman–Crippen LogP) is 2.76. The lowest BCUT2D eigenvalue weighted by atomic mass is 10.2. The van der Waals surface area contributed by atoms with Crippen LogP contribution in [0.4, 0.5) is 0 Å². The summed E-state index contributed by atoms with van der Waals surface area (Å²) in [6.45, 7) is 4.20. The summed E-state index contributed by atoms with van der Waals surface area (Å²) in [5, 5.41) is 0. The Morgan fingerprint density at radius 3 is 2.63 bits per heavy atom. The number of hydrogen-bond acceptors (Lipinski definition) is 2. The molecule has 2 fully saturated rings. The van der Waals surface area contributed by atoms with Crippen LogP contribution < -0.4 is 0 Å². The molecule has 1 atom stereocenters. The van der Waals surface area contributed by atoms with E-state index in [4.69, 9.17) is 0 Å². The van der Waals surface area contributed by atoms with Crippen LogP contribution in [-0.4, -0.2) is 47.9 Å². The highest BCUT2D eigenvalue weighted by Crippen LogP contribution is 2.24. The van der Waals surface area contributed by atoms with Gasteiger partial charge in [0.05, 0.1) is 5.56 Å². The molecule has 0 saturated carbocycles. The molecule has 3 rings (SSSR count). The minimum atomic E-state index is 0.161. The molecule has 4 heteroatoms. The van der Waals surface area contributed by atoms with Gasteiger partial charge in [0.15, 0.2) is 0 Å². The fraction of sp³-hybridized carbons (Fsp3) is 0.533. The number of likely N-dealkylation sites (tertiary alicyclic amines) is 2. The quantitative estimate of drug-likeness (QED) is 0.836. The normalized spacial score (nSPS) is 24.1. The molecule has 1 aromatic carbocycles. The van der Waals surface area contributed by atoms with E-state index in [9.17, 15) is 4.79 Å². The fourth-order valence-electron chi connectivity index (χ4n) is 3.14. The predicted molar refractivity (Wildman–Crippen MR) is 79.3 cm³/mol. The molecule has 0 aromatic heterocycles. The zero-order valence-electron chi connectivity index (χ0n) is 11.0. The lowest BCUT2D eigenvalue weighted by Gasteiger charge is -2.23. The van der Waals surface area contributed by atoms with E-state index in [1.54, 1.807) is 0 Å². The monoisotopic (exact) mass is 322 g/mol. The third kappa shape index (κ3) is 2.70. The smallest absolute Gasteiger partial charge is 0.255 e. The van der Waals surface area contributed by atoms with Gasteiger partial charge in [-0.2, -0.15) is 0 Å². The zero-order valence-corrected chi connectivity index (χ0v) is 12.6. The Morgan fingerprint density at radius 1 is 1.16 bits per heavy atom. The Morgan fingerprint density at radius 2 is 1.89 bits per heavy atom. The second-order valence-corrected chi connectivity index (χ2v) is 6.27. The first-order valence-corrected chi connectivity index (χ1v) is 7.83. The van der Waals surface area contributed by atoms with Gasteiger partial charge >= 0.3 is 0 Å². The van der Waals surface area contributed by atoms with Gasteiger partial charge < -0.3 is 4.90 Å². The van der Waals surface area contributed by atoms with Crippen LogP contribution in [0.5, 0.6) is 0 Å². The Hall–Kier alpha value is -0.870. The van der Waals surface area contributed by atoms with E-state index in [0.29, 0.717) is 6.04 Å². The molecule has 2 saturated heterocycles. The summed E-state index contributed by atoms with van der Waals surface area (Å²) in [5.74, 6) is 0.161. The molecule has 0 aliphatic carbocycles. The number of benzene rings is 1. The average Bonchev–Trinajstić information content (AvgIpc) is 3.09. The number of amides is 1. The summed E-state index contributed by atoms with van der Waals surface area (Å²) < 4.78 is 0.893. The summed E-state index contributed by atoms with van der Waals surface area (Å²) >= 11 is 3.47. The summed E-state index contributed by atoms with van der Waals surface area (Å²) in [6, 6.07) is 8.27. The van der Waals surface area contributed by atoms with Crippen LogP contribution in [0.2, 0.25) is 0 Å². The van der Waals surface area contributed by atoms with Crippen molar-refractivity contribution in [3.05, 3.63) is 34.3 Å². The fourth-order valence-corrected chi connectivity index (χ4v) is 3.59. The van der Waals surface area contributed by atoms with Crippen molar-refractivity contribution in [1.29, 1.82) is 0 Å². The van der Waals surface area contributed by atoms with E-state index in [1.165, 1.54) is 25.9 Å². The van der Waals surface area contributed by atoms with Crippen molar-refractivity contribution in [2.45, 2.75) is 25.3 Å². The van der Waals surface area contributed by atoms with Crippen LogP contribution in [0.15, 0.2) is 28.7 Å². The van der Waals surface area contributed by atoms with E-state index in [2.05, 4.69) is 20.8 Å². The second-order valence-electron chi connectivity index (χ2n) is 5.42. The SMILES string of the molecule is O=C(c1ccccc1Br)N1CCC(N2CCCC2)C1. The largest absolute Gasteiger partial charge is 0.337 e. The molecule has 1 aromatic rings. The van der Waals surface area contributed by atoms with E-state index in [0.717, 1.165) is 29.5 Å². The zero-order chi connectivity index (χ0) is 13.2. The average molecular weight is 323 g/mol. The van der Waals surface area contributed by atoms with Gasteiger partial charge in [0.1, 0.15) is 0 Å². The number of carbonyl (C=O) groups excluding carboxylic acids is 1. The van der Waals surface area contributed by atoms with Crippen molar-refractivity contribution in [3.8, 4) is 0 Å². The van der Waals surface area contributed by atoms with Gasteiger partial charge in [-0.3, -0.25) is 9.69 Å². The molecule has 1 amide bonds. The van der Waals surface area contributed by atoms with Crippen molar-refractivity contribution in [2.24, 2.45) is 0 Å². The highest BCUT2D eigenvalue weighted by atomic mass is 79.9. The van der Waals surface area contributed by atoms with Crippen molar-refractivity contribution in [1.82, 2.24) is 9.80 Å². The third-order valence-electron chi connectivity index (χ3n) is 4.21. The molecule has 0 N–H and O–H groups in total. The molecule has 2 heterocycles. The van der Waals surface area contributed by atoms with Gasteiger partial charge in [-0.05, 0) is 60.4 Å². The number of hydrogen-bond donors (Lipinski definition) is 0. The van der Waals surface area contributed by atoms with Crippen LogP contribution in [0.3, 0.4) is 0 Å². The molecule has 0 bridgehead atoms. The summed E-state index contributed by atoms with van der Waals surface area (Å²) in [7, 11) is 0. The van der Waals surface area contributed by atoms with Gasteiger partial charge in [0.25, 0.3) is 5.91 Å². The van der Waals surface area contributed by atoms with Crippen molar-refractivity contribution in [2.75, 3.05) is 26.2 Å². The van der Waals surface area contributed by atoms with Crippen LogP contribution in [-0.2, 0) is 0 Å². The van der Waals surface area contributed by atoms with E-state index >= 15 is 0 Å². The Labute approximate surface area is 122 Å². The minimum Gasteiger partial charge on any atom is -0.337 e. The first-order chi connectivity index (χ1) is 9.25. The standard InChI is InChI=1S/C15H19BrN2O/c16-14-6-2-1-5-13(14)15(19)18-10-7-12(11-18)17-8-3-4-9-17/h1-2,5-6,12H,3-4,7-11H2. The van der Waals surface area contributed by atoms with Crippen molar-refractivity contribution >= 4 is 21.8 Å². The first kappa shape index (κ1) is 13.1. The lowest BCUT2D eigenvalue weighted by molar-refractivity contribution is 0.0779. The minimum absolute atomic E-state index is 0.161. The van der Waals surface area contributed by atoms with Crippen molar-refractivity contribution < 1.29 is 4.79 Å². The van der Waals surface area contributed by atoms with Gasteiger partial charge in [-0.1, -0.05) is 12.1 Å². The highest BCUT2D eigenvalue weighted by Gasteiger charge is 2.32. The van der Waals surface area contributed by atoms with Crippen LogP contribution in [0, 0.1) is 0 Å². The Balaban J connectivity index is 1.67. The number of rotatable bonds is 2. The number of nitrogens with zero attached hydrogens (tertiary/aromatic N) is 2. The van der Waals surface area contributed by atoms with Gasteiger partial charge in [-0.15, -0.1) is 0 Å². The molecule has 2 aliphatic heterocycles. The lowest BCUT2D eigenvalue weighted by Crippen LogP contribution is -2.37. The van der Waals surface area contributed by atoms with E-state index in [1.807, 2.05) is 29.2 Å². The van der Waals surface area contributed by atoms with E-state index in [-0.39, 0.29) is 5.91 Å². The van der Waals surface area contributed by atoms with Gasteiger partial charge in [0.2, 0.25) is 0 Å². The first-order valence-electron chi connectivity index (χ1n) is 7.03. The third-order valence-corrected chi connectivity index (χ3v) is 4.90. The molecule has 0 spiro atoms. The Kier molecular flexibility index (Phi) is 3.89. The summed E-state index contributed by atoms with van der Waals surface area (Å²) in [6.07, 6.45) is 3.75. The molecular weight excluding hydrogens is 304 g/mol. The van der Waals surface area contributed by atoms with Gasteiger partial charge in [-0.25, -0.2) is 0 Å². The molecular formula is C15H19BrN2O. The molecule has 102 valence electrons. The maximum absolute atomic E-state index is 12.5. The van der Waals surface area contributed by atoms with Crippen LogP contribution >= 0.6 is 15.9 Å². The van der Waals surface area contributed by atoms with E-state index < -0.39 is 0 Å². The summed E-state index contributed by atoms with van der Waals surface area (Å²) in [4.78, 5) is 17.1. The molecule has 19 heavy (non-hydrogen) atoms. The van der Waals surface area contributed by atoms with Crippen LogP contribution in [0.1, 0.15) is 29.6 Å². The highest BCUT2D eigenvalue weighted by molar-refractivity contribution is 9.10.